The summed E-state index contributed by atoms with van der Waals surface area (Å²) < 4.78 is 25.7. The highest BCUT2D eigenvalue weighted by atomic mass is 32.2. The molecule has 2 aliphatic carbocycles. The number of sulfone groups is 1. The molecular formula is C20H28O2S. The van der Waals surface area contributed by atoms with Gasteiger partial charge in [-0.25, -0.2) is 8.42 Å². The highest BCUT2D eigenvalue weighted by Crippen LogP contribution is 2.39. The first-order valence-corrected chi connectivity index (χ1v) is 10.1. The SMILES string of the molecule is Cc1cc(S(=O)(=O)CCC(C)C)c2c(C)ccc(C(C)C)cc1-2. The molecule has 2 rings (SSSR count). The molecule has 0 aromatic carbocycles. The molecule has 0 atom stereocenters. The molecule has 0 amide bonds. The van der Waals surface area contributed by atoms with Crippen molar-refractivity contribution in [1.29, 1.82) is 0 Å². The Bertz CT molecular complexity index is 771. The first-order valence-electron chi connectivity index (χ1n) is 8.40. The van der Waals surface area contributed by atoms with Gasteiger partial charge >= 0.3 is 0 Å². The van der Waals surface area contributed by atoms with E-state index in [9.17, 15) is 8.42 Å². The summed E-state index contributed by atoms with van der Waals surface area (Å²) in [5.41, 5.74) is 5.29. The minimum absolute atomic E-state index is 0.221. The lowest BCUT2D eigenvalue weighted by molar-refractivity contribution is 0.574. The Kier molecular flexibility index (Phi) is 5.20. The molecule has 0 spiro atoms. The average Bonchev–Trinajstić information content (AvgIpc) is 2.67. The fraction of sp³-hybridized carbons (Fsp3) is 0.500. The largest absolute Gasteiger partial charge is 0.224 e. The fourth-order valence-electron chi connectivity index (χ4n) is 2.89. The van der Waals surface area contributed by atoms with E-state index >= 15 is 0 Å². The van der Waals surface area contributed by atoms with Crippen molar-refractivity contribution < 1.29 is 8.42 Å². The molecule has 0 heterocycles. The molecule has 0 radical (unpaired) electrons. The average molecular weight is 333 g/mol. The second-order valence-electron chi connectivity index (χ2n) is 7.30. The molecule has 0 saturated heterocycles. The van der Waals surface area contributed by atoms with Crippen LogP contribution in [0, 0.1) is 19.8 Å². The Hall–Kier alpha value is -1.35. The summed E-state index contributed by atoms with van der Waals surface area (Å²) in [5, 5.41) is 0. The molecule has 0 unspecified atom stereocenters. The maximum atomic E-state index is 12.8. The highest BCUT2D eigenvalue weighted by molar-refractivity contribution is 7.91. The van der Waals surface area contributed by atoms with Gasteiger partial charge in [-0.3, -0.25) is 0 Å². The summed E-state index contributed by atoms with van der Waals surface area (Å²) in [7, 11) is -3.25. The van der Waals surface area contributed by atoms with Crippen molar-refractivity contribution in [2.75, 3.05) is 5.75 Å². The molecule has 0 aromatic heterocycles. The van der Waals surface area contributed by atoms with E-state index in [0.717, 1.165) is 22.3 Å². The molecule has 0 saturated carbocycles. The van der Waals surface area contributed by atoms with Gasteiger partial charge in [0, 0.05) is 5.56 Å². The lowest BCUT2D eigenvalue weighted by Gasteiger charge is -2.09. The zero-order valence-electron chi connectivity index (χ0n) is 15.1. The number of aryl methyl sites for hydroxylation is 2. The van der Waals surface area contributed by atoms with Crippen LogP contribution in [0.25, 0.3) is 11.1 Å². The zero-order chi connectivity index (χ0) is 17.4. The van der Waals surface area contributed by atoms with Crippen molar-refractivity contribution in [3.63, 3.8) is 0 Å². The van der Waals surface area contributed by atoms with E-state index in [1.54, 1.807) is 0 Å². The van der Waals surface area contributed by atoms with Crippen LogP contribution < -0.4 is 0 Å². The van der Waals surface area contributed by atoms with E-state index in [2.05, 4.69) is 45.9 Å². The van der Waals surface area contributed by atoms with Crippen molar-refractivity contribution in [3.05, 3.63) is 41.0 Å². The van der Waals surface area contributed by atoms with Crippen LogP contribution in [0.1, 0.15) is 56.7 Å². The molecule has 23 heavy (non-hydrogen) atoms. The van der Waals surface area contributed by atoms with Crippen LogP contribution in [0.5, 0.6) is 0 Å². The molecule has 0 fully saturated rings. The second-order valence-corrected chi connectivity index (χ2v) is 9.37. The van der Waals surface area contributed by atoms with Gasteiger partial charge < -0.3 is 0 Å². The number of fused-ring (bicyclic) bond motifs is 1. The van der Waals surface area contributed by atoms with Crippen LogP contribution in [0.4, 0.5) is 0 Å². The minimum Gasteiger partial charge on any atom is -0.224 e. The molecule has 3 heteroatoms. The van der Waals surface area contributed by atoms with Crippen LogP contribution in [0.2, 0.25) is 0 Å². The Labute approximate surface area is 141 Å². The normalized spacial score (nSPS) is 12.5. The predicted molar refractivity (Wildman–Crippen MR) is 98.1 cm³/mol. The van der Waals surface area contributed by atoms with Crippen LogP contribution >= 0.6 is 0 Å². The van der Waals surface area contributed by atoms with Crippen molar-refractivity contribution in [3.8, 4) is 11.1 Å². The lowest BCUT2D eigenvalue weighted by Crippen LogP contribution is -2.09. The Balaban J connectivity index is 2.62. The summed E-state index contributed by atoms with van der Waals surface area (Å²) in [5.74, 6) is 1.02. The molecule has 0 bridgehead atoms. The predicted octanol–water partition coefficient (Wildman–Crippen LogP) is 5.35. The maximum Gasteiger partial charge on any atom is 0.179 e. The highest BCUT2D eigenvalue weighted by Gasteiger charge is 2.25. The summed E-state index contributed by atoms with van der Waals surface area (Å²) in [6.07, 6.45) is 0.698. The molecule has 0 N–H and O–H groups in total. The van der Waals surface area contributed by atoms with Crippen LogP contribution in [-0.2, 0) is 9.84 Å². The van der Waals surface area contributed by atoms with E-state index < -0.39 is 9.84 Å². The van der Waals surface area contributed by atoms with Crippen molar-refractivity contribution in [1.82, 2.24) is 0 Å². The second kappa shape index (κ2) is 6.64. The quantitative estimate of drug-likeness (QED) is 0.739. The van der Waals surface area contributed by atoms with E-state index in [0.29, 0.717) is 23.2 Å². The first-order chi connectivity index (χ1) is 10.6. The van der Waals surface area contributed by atoms with Gasteiger partial charge in [-0.05, 0) is 60.4 Å². The summed E-state index contributed by atoms with van der Waals surface area (Å²) in [4.78, 5) is 0.508. The van der Waals surface area contributed by atoms with Gasteiger partial charge in [-0.1, -0.05) is 45.9 Å². The topological polar surface area (TPSA) is 34.1 Å². The molecule has 2 aliphatic rings. The smallest absolute Gasteiger partial charge is 0.179 e. The number of hydrogen-bond donors (Lipinski definition) is 0. The third kappa shape index (κ3) is 3.77. The van der Waals surface area contributed by atoms with E-state index in [-0.39, 0.29) is 5.75 Å². The number of hydrogen-bond acceptors (Lipinski definition) is 2. The summed E-state index contributed by atoms with van der Waals surface area (Å²) in [6.45, 7) is 12.5. The first kappa shape index (κ1) is 18.0. The number of rotatable bonds is 5. The molecule has 126 valence electrons. The Morgan fingerprint density at radius 1 is 0.957 bits per heavy atom. The van der Waals surface area contributed by atoms with Gasteiger partial charge in [0.15, 0.2) is 9.84 Å². The van der Waals surface area contributed by atoms with Gasteiger partial charge in [0.2, 0.25) is 0 Å². The summed E-state index contributed by atoms with van der Waals surface area (Å²) in [6, 6.07) is 8.18. The van der Waals surface area contributed by atoms with Crippen LogP contribution in [0.15, 0.2) is 29.2 Å². The van der Waals surface area contributed by atoms with E-state index in [1.807, 2.05) is 19.9 Å². The van der Waals surface area contributed by atoms with Gasteiger partial charge in [0.05, 0.1) is 10.6 Å². The van der Waals surface area contributed by atoms with Crippen molar-refractivity contribution >= 4 is 9.84 Å². The third-order valence-corrected chi connectivity index (χ3v) is 6.25. The third-order valence-electron chi connectivity index (χ3n) is 4.48. The van der Waals surface area contributed by atoms with Crippen molar-refractivity contribution in [2.45, 2.75) is 58.8 Å². The van der Waals surface area contributed by atoms with Gasteiger partial charge in [0.25, 0.3) is 0 Å². The van der Waals surface area contributed by atoms with E-state index in [1.165, 1.54) is 5.56 Å². The van der Waals surface area contributed by atoms with Gasteiger partial charge in [0.1, 0.15) is 0 Å². The molecule has 2 nitrogen and oxygen atoms in total. The minimum atomic E-state index is -3.25. The Morgan fingerprint density at radius 2 is 1.61 bits per heavy atom. The van der Waals surface area contributed by atoms with Crippen LogP contribution in [-0.4, -0.2) is 14.2 Å². The van der Waals surface area contributed by atoms with Gasteiger partial charge in [-0.15, -0.1) is 0 Å². The fourth-order valence-corrected chi connectivity index (χ4v) is 4.83. The summed E-state index contributed by atoms with van der Waals surface area (Å²) >= 11 is 0. The maximum absolute atomic E-state index is 12.8. The molecule has 0 aliphatic heterocycles. The lowest BCUT2D eigenvalue weighted by atomic mass is 10.0. The zero-order valence-corrected chi connectivity index (χ0v) is 15.9. The Morgan fingerprint density at radius 3 is 2.17 bits per heavy atom. The standard InChI is InChI=1S/C20H28O2S/c1-13(2)9-10-23(21,22)19-11-16(6)18-12-17(14(3)4)8-7-15(5)20(18)19/h7-8,11-14H,9-10H2,1-6H3. The van der Waals surface area contributed by atoms with Crippen LogP contribution in [0.3, 0.4) is 0 Å². The molecular weight excluding hydrogens is 304 g/mol. The monoisotopic (exact) mass is 332 g/mol. The van der Waals surface area contributed by atoms with Crippen molar-refractivity contribution in [2.24, 2.45) is 5.92 Å². The molecule has 0 aromatic rings. The van der Waals surface area contributed by atoms with E-state index in [4.69, 9.17) is 0 Å². The van der Waals surface area contributed by atoms with Gasteiger partial charge in [-0.2, -0.15) is 0 Å².